The molecule has 0 unspecified atom stereocenters. The van der Waals surface area contributed by atoms with Gasteiger partial charge in [0.15, 0.2) is 10.3 Å². The SMILES string of the molecule is Fc1cc(F)c(-c2c(Cl)nnc(Cl)c2-c2cccc(Br)c2)c(F)c1. The van der Waals surface area contributed by atoms with Crippen LogP contribution in [0.2, 0.25) is 10.3 Å². The molecule has 0 saturated carbocycles. The van der Waals surface area contributed by atoms with Gasteiger partial charge in [0.25, 0.3) is 0 Å². The van der Waals surface area contributed by atoms with E-state index in [0.29, 0.717) is 17.7 Å². The maximum atomic E-state index is 14.2. The molecular formula is C16H6BrCl2F3N2. The highest BCUT2D eigenvalue weighted by molar-refractivity contribution is 9.10. The van der Waals surface area contributed by atoms with E-state index in [-0.39, 0.29) is 21.4 Å². The largest absolute Gasteiger partial charge is 0.207 e. The highest BCUT2D eigenvalue weighted by atomic mass is 79.9. The summed E-state index contributed by atoms with van der Waals surface area (Å²) in [7, 11) is 0. The first-order valence-electron chi connectivity index (χ1n) is 6.51. The maximum Gasteiger partial charge on any atom is 0.160 e. The number of halogens is 6. The summed E-state index contributed by atoms with van der Waals surface area (Å²) in [5.41, 5.74) is 0.101. The zero-order valence-electron chi connectivity index (χ0n) is 11.6. The third-order valence-corrected chi connectivity index (χ3v) is 4.28. The van der Waals surface area contributed by atoms with Gasteiger partial charge in [-0.3, -0.25) is 0 Å². The van der Waals surface area contributed by atoms with Gasteiger partial charge in [0, 0.05) is 27.7 Å². The number of hydrogen-bond donors (Lipinski definition) is 0. The molecule has 2 nitrogen and oxygen atoms in total. The van der Waals surface area contributed by atoms with Gasteiger partial charge < -0.3 is 0 Å². The number of hydrogen-bond acceptors (Lipinski definition) is 2. The Morgan fingerprint density at radius 3 is 1.96 bits per heavy atom. The van der Waals surface area contributed by atoms with E-state index in [1.165, 1.54) is 0 Å². The molecule has 0 atom stereocenters. The van der Waals surface area contributed by atoms with Crippen molar-refractivity contribution in [2.75, 3.05) is 0 Å². The molecule has 24 heavy (non-hydrogen) atoms. The van der Waals surface area contributed by atoms with Crippen LogP contribution in [0, 0.1) is 17.5 Å². The summed E-state index contributed by atoms with van der Waals surface area (Å²) < 4.78 is 42.4. The smallest absolute Gasteiger partial charge is 0.160 e. The van der Waals surface area contributed by atoms with E-state index in [1.807, 2.05) is 0 Å². The van der Waals surface area contributed by atoms with Gasteiger partial charge in [0.05, 0.1) is 5.56 Å². The van der Waals surface area contributed by atoms with E-state index in [0.717, 1.165) is 4.47 Å². The molecule has 0 aliphatic carbocycles. The van der Waals surface area contributed by atoms with Crippen LogP contribution in [0.15, 0.2) is 40.9 Å². The fourth-order valence-electron chi connectivity index (χ4n) is 2.31. The summed E-state index contributed by atoms with van der Waals surface area (Å²) in [5.74, 6) is -3.27. The Morgan fingerprint density at radius 2 is 1.38 bits per heavy atom. The van der Waals surface area contributed by atoms with Gasteiger partial charge in [-0.2, -0.15) is 0 Å². The molecule has 3 rings (SSSR count). The maximum absolute atomic E-state index is 14.2. The summed E-state index contributed by atoms with van der Waals surface area (Å²) in [6.07, 6.45) is 0. The van der Waals surface area contributed by atoms with E-state index in [9.17, 15) is 13.2 Å². The van der Waals surface area contributed by atoms with Crippen LogP contribution in [-0.2, 0) is 0 Å². The Kier molecular flexibility index (Phi) is 4.80. The molecule has 122 valence electrons. The highest BCUT2D eigenvalue weighted by Crippen LogP contribution is 2.42. The van der Waals surface area contributed by atoms with Crippen LogP contribution in [0.3, 0.4) is 0 Å². The van der Waals surface area contributed by atoms with Crippen LogP contribution in [0.1, 0.15) is 0 Å². The van der Waals surface area contributed by atoms with Crippen LogP contribution in [0.5, 0.6) is 0 Å². The molecule has 0 spiro atoms. The minimum absolute atomic E-state index is 0.0874. The van der Waals surface area contributed by atoms with Crippen molar-refractivity contribution in [1.82, 2.24) is 10.2 Å². The van der Waals surface area contributed by atoms with Crippen LogP contribution < -0.4 is 0 Å². The van der Waals surface area contributed by atoms with Gasteiger partial charge >= 0.3 is 0 Å². The lowest BCUT2D eigenvalue weighted by Crippen LogP contribution is -1.99. The summed E-state index contributed by atoms with van der Waals surface area (Å²) in [6.45, 7) is 0. The second-order valence-corrected chi connectivity index (χ2v) is 6.42. The molecule has 0 N–H and O–H groups in total. The third-order valence-electron chi connectivity index (χ3n) is 3.26. The number of rotatable bonds is 2. The molecule has 0 aliphatic heterocycles. The van der Waals surface area contributed by atoms with Crippen molar-refractivity contribution in [2.45, 2.75) is 0 Å². The number of aromatic nitrogens is 2. The predicted molar refractivity (Wildman–Crippen MR) is 90.5 cm³/mol. The molecular weight excluding hydrogens is 428 g/mol. The lowest BCUT2D eigenvalue weighted by molar-refractivity contribution is 0.548. The molecule has 0 fully saturated rings. The molecule has 0 aliphatic rings. The fraction of sp³-hybridized carbons (Fsp3) is 0. The van der Waals surface area contributed by atoms with Crippen LogP contribution in [-0.4, -0.2) is 10.2 Å². The first kappa shape index (κ1) is 17.2. The van der Waals surface area contributed by atoms with Crippen LogP contribution >= 0.6 is 39.1 Å². The van der Waals surface area contributed by atoms with Gasteiger partial charge in [-0.1, -0.05) is 51.3 Å². The first-order chi connectivity index (χ1) is 11.4. The molecule has 0 saturated heterocycles. The van der Waals surface area contributed by atoms with Crippen molar-refractivity contribution in [3.8, 4) is 22.3 Å². The van der Waals surface area contributed by atoms with Crippen molar-refractivity contribution in [3.05, 3.63) is 68.6 Å². The summed E-state index contributed by atoms with van der Waals surface area (Å²) in [4.78, 5) is 0. The first-order valence-corrected chi connectivity index (χ1v) is 8.06. The minimum atomic E-state index is -1.12. The quantitative estimate of drug-likeness (QED) is 0.474. The van der Waals surface area contributed by atoms with Gasteiger partial charge in [-0.25, -0.2) is 13.2 Å². The van der Waals surface area contributed by atoms with E-state index < -0.39 is 23.0 Å². The fourth-order valence-corrected chi connectivity index (χ4v) is 3.18. The summed E-state index contributed by atoms with van der Waals surface area (Å²) in [5, 5.41) is 6.97. The van der Waals surface area contributed by atoms with Gasteiger partial charge in [-0.05, 0) is 17.7 Å². The van der Waals surface area contributed by atoms with Gasteiger partial charge in [0.2, 0.25) is 0 Å². The van der Waals surface area contributed by atoms with Gasteiger partial charge in [0.1, 0.15) is 17.5 Å². The highest BCUT2D eigenvalue weighted by Gasteiger charge is 2.24. The minimum Gasteiger partial charge on any atom is -0.207 e. The third kappa shape index (κ3) is 3.14. The molecule has 2 aromatic carbocycles. The van der Waals surface area contributed by atoms with Crippen molar-refractivity contribution >= 4 is 39.1 Å². The Balaban J connectivity index is 2.40. The van der Waals surface area contributed by atoms with Crippen molar-refractivity contribution in [2.24, 2.45) is 0 Å². The normalized spacial score (nSPS) is 10.9. The Labute approximate surface area is 153 Å². The van der Waals surface area contributed by atoms with Crippen molar-refractivity contribution < 1.29 is 13.2 Å². The molecule has 3 aromatic rings. The molecule has 0 radical (unpaired) electrons. The van der Waals surface area contributed by atoms with E-state index >= 15 is 0 Å². The zero-order chi connectivity index (χ0) is 17.4. The summed E-state index contributed by atoms with van der Waals surface area (Å²) >= 11 is 15.5. The van der Waals surface area contributed by atoms with E-state index in [2.05, 4.69) is 26.1 Å². The summed E-state index contributed by atoms with van der Waals surface area (Å²) in [6, 6.07) is 7.97. The molecule has 0 amide bonds. The monoisotopic (exact) mass is 432 g/mol. The molecule has 1 aromatic heterocycles. The number of nitrogens with zero attached hydrogens (tertiary/aromatic N) is 2. The topological polar surface area (TPSA) is 25.8 Å². The van der Waals surface area contributed by atoms with E-state index in [4.69, 9.17) is 23.2 Å². The zero-order valence-corrected chi connectivity index (χ0v) is 14.7. The molecule has 1 heterocycles. The van der Waals surface area contributed by atoms with Crippen LogP contribution in [0.25, 0.3) is 22.3 Å². The Bertz CT molecular complexity index is 928. The number of benzene rings is 2. The Hall–Kier alpha value is -1.63. The van der Waals surface area contributed by atoms with Crippen LogP contribution in [0.4, 0.5) is 13.2 Å². The molecule has 0 bridgehead atoms. The molecule has 8 heteroatoms. The standard InChI is InChI=1S/C16H6BrCl2F3N2/c17-8-3-1-2-7(4-8)12-14(16(19)24-23-15(12)18)13-10(21)5-9(20)6-11(13)22/h1-6H. The lowest BCUT2D eigenvalue weighted by atomic mass is 9.96. The second kappa shape index (κ2) is 6.70. The predicted octanol–water partition coefficient (Wildman–Crippen LogP) is 6.30. The average molecular weight is 434 g/mol. The average Bonchev–Trinajstić information content (AvgIpc) is 2.49. The lowest BCUT2D eigenvalue weighted by Gasteiger charge is -2.14. The second-order valence-electron chi connectivity index (χ2n) is 4.79. The van der Waals surface area contributed by atoms with Crippen molar-refractivity contribution in [3.63, 3.8) is 0 Å². The van der Waals surface area contributed by atoms with Gasteiger partial charge in [-0.15, -0.1) is 10.2 Å². The Morgan fingerprint density at radius 1 is 0.792 bits per heavy atom. The van der Waals surface area contributed by atoms with Crippen molar-refractivity contribution in [1.29, 1.82) is 0 Å². The van der Waals surface area contributed by atoms with E-state index in [1.54, 1.807) is 24.3 Å².